The highest BCUT2D eigenvalue weighted by atomic mass is 16.5. The maximum atomic E-state index is 5.81. The number of ether oxygens (including phenoxy) is 4. The number of methoxy groups -OCH3 is 4. The molecular weight excluding hydrogens is 330 g/mol. The molecule has 3 aliphatic rings. The Morgan fingerprint density at radius 1 is 0.731 bits per heavy atom. The Bertz CT molecular complexity index is 434. The molecule has 152 valence electrons. The van der Waals surface area contributed by atoms with Crippen molar-refractivity contribution >= 4 is 0 Å². The third-order valence-electron chi connectivity index (χ3n) is 7.76. The zero-order valence-corrected chi connectivity index (χ0v) is 17.4. The molecule has 0 bridgehead atoms. The highest BCUT2D eigenvalue weighted by Gasteiger charge is 2.47. The highest BCUT2D eigenvalue weighted by Crippen LogP contribution is 2.41. The Kier molecular flexibility index (Phi) is 7.37. The molecule has 26 heavy (non-hydrogen) atoms. The molecule has 0 aromatic carbocycles. The number of rotatable bonds is 6. The molecule has 2 saturated carbocycles. The highest BCUT2D eigenvalue weighted by molar-refractivity contribution is 4.93. The number of hydrogen-bond acceptors (Lipinski definition) is 4. The largest absolute Gasteiger partial charge is 0.379 e. The van der Waals surface area contributed by atoms with Gasteiger partial charge in [0.15, 0.2) is 0 Å². The van der Waals surface area contributed by atoms with Crippen molar-refractivity contribution in [2.75, 3.05) is 42.0 Å². The van der Waals surface area contributed by atoms with Gasteiger partial charge in [0.05, 0.1) is 44.1 Å². The fourth-order valence-electron chi connectivity index (χ4n) is 6.17. The normalized spacial score (nSPS) is 46.7. The molecule has 9 atom stereocenters. The number of nitrogens with one attached hydrogen (secondary N) is 1. The maximum absolute atomic E-state index is 5.81. The van der Waals surface area contributed by atoms with Gasteiger partial charge in [0.2, 0.25) is 0 Å². The molecule has 0 aromatic heterocycles. The molecule has 5 nitrogen and oxygen atoms in total. The van der Waals surface area contributed by atoms with Crippen molar-refractivity contribution in [1.29, 1.82) is 0 Å². The third kappa shape index (κ3) is 4.27. The summed E-state index contributed by atoms with van der Waals surface area (Å²) in [5.41, 5.74) is 0. The van der Waals surface area contributed by atoms with E-state index in [0.717, 1.165) is 43.1 Å². The fourth-order valence-corrected chi connectivity index (χ4v) is 6.17. The van der Waals surface area contributed by atoms with Gasteiger partial charge in [-0.3, -0.25) is 0 Å². The summed E-state index contributed by atoms with van der Waals surface area (Å²) in [6.45, 7) is 1.29. The van der Waals surface area contributed by atoms with E-state index in [2.05, 4.69) is 7.05 Å². The van der Waals surface area contributed by atoms with Crippen LogP contribution < -0.4 is 4.90 Å². The van der Waals surface area contributed by atoms with Crippen LogP contribution in [0.2, 0.25) is 0 Å². The topological polar surface area (TPSA) is 41.4 Å². The van der Waals surface area contributed by atoms with Crippen LogP contribution in [0.15, 0.2) is 0 Å². The summed E-state index contributed by atoms with van der Waals surface area (Å²) in [6, 6.07) is 0.741. The van der Waals surface area contributed by atoms with E-state index in [4.69, 9.17) is 18.9 Å². The molecule has 0 amide bonds. The lowest BCUT2D eigenvalue weighted by Crippen LogP contribution is -3.15. The number of fused-ring (bicyclic) bond motifs is 1. The Morgan fingerprint density at radius 3 is 2.00 bits per heavy atom. The summed E-state index contributed by atoms with van der Waals surface area (Å²) in [4.78, 5) is 1.72. The van der Waals surface area contributed by atoms with Crippen molar-refractivity contribution in [3.8, 4) is 0 Å². The van der Waals surface area contributed by atoms with Gasteiger partial charge in [0.1, 0.15) is 0 Å². The first kappa shape index (κ1) is 20.5. The van der Waals surface area contributed by atoms with Crippen molar-refractivity contribution in [2.24, 2.45) is 17.8 Å². The second-order valence-electron chi connectivity index (χ2n) is 8.90. The summed E-state index contributed by atoms with van der Waals surface area (Å²) in [6.07, 6.45) is 9.58. The summed E-state index contributed by atoms with van der Waals surface area (Å²) < 4.78 is 22.9. The number of hydrogen-bond donors (Lipinski definition) is 1. The van der Waals surface area contributed by atoms with Crippen LogP contribution in [0, 0.1) is 17.8 Å². The number of piperidine rings is 1. The van der Waals surface area contributed by atoms with E-state index in [-0.39, 0.29) is 24.4 Å². The molecule has 9 unspecified atom stereocenters. The molecule has 1 N–H and O–H groups in total. The Hall–Kier alpha value is -0.200. The van der Waals surface area contributed by atoms with Gasteiger partial charge in [-0.15, -0.1) is 0 Å². The van der Waals surface area contributed by atoms with Crippen molar-refractivity contribution in [1.82, 2.24) is 0 Å². The second-order valence-corrected chi connectivity index (χ2v) is 8.90. The molecular formula is C21H40NO4+. The minimum absolute atomic E-state index is 0.255. The van der Waals surface area contributed by atoms with Crippen LogP contribution in [-0.4, -0.2) is 72.5 Å². The molecule has 1 saturated heterocycles. The predicted octanol–water partition coefficient (Wildman–Crippen LogP) is 1.55. The maximum Gasteiger partial charge on any atom is 0.0907 e. The SMILES string of the molecule is COC1CCC(CC2C3CC(OC)C(OC)CC3CC[NH+]2C)CC1OC. The van der Waals surface area contributed by atoms with Crippen LogP contribution in [0.25, 0.3) is 0 Å². The minimum atomic E-state index is 0.255. The average molecular weight is 371 g/mol. The smallest absolute Gasteiger partial charge is 0.0907 e. The van der Waals surface area contributed by atoms with Crippen molar-refractivity contribution in [2.45, 2.75) is 75.4 Å². The van der Waals surface area contributed by atoms with Crippen molar-refractivity contribution in [3.63, 3.8) is 0 Å². The van der Waals surface area contributed by atoms with Gasteiger partial charge in [0.25, 0.3) is 0 Å². The lowest BCUT2D eigenvalue weighted by molar-refractivity contribution is -0.919. The lowest BCUT2D eigenvalue weighted by Gasteiger charge is -2.49. The standard InChI is InChI=1S/C21H39NO4/c1-22-9-8-15-12-20(25-4)21(26-5)13-16(15)17(22)10-14-6-7-18(23-2)19(11-14)24-3/h14-21H,6-13H2,1-5H3/p+1. The molecule has 2 aliphatic carbocycles. The van der Waals surface area contributed by atoms with E-state index in [1.807, 2.05) is 28.4 Å². The first-order chi connectivity index (χ1) is 12.6. The summed E-state index contributed by atoms with van der Waals surface area (Å²) >= 11 is 0. The van der Waals surface area contributed by atoms with Crippen LogP contribution in [0.4, 0.5) is 0 Å². The third-order valence-corrected chi connectivity index (χ3v) is 7.76. The first-order valence-electron chi connectivity index (χ1n) is 10.5. The number of quaternary nitrogens is 1. The molecule has 5 heteroatoms. The predicted molar refractivity (Wildman–Crippen MR) is 102 cm³/mol. The van der Waals surface area contributed by atoms with Gasteiger partial charge in [-0.2, -0.15) is 0 Å². The van der Waals surface area contributed by atoms with Crippen molar-refractivity contribution < 1.29 is 23.8 Å². The zero-order chi connectivity index (χ0) is 18.7. The van der Waals surface area contributed by atoms with Gasteiger partial charge >= 0.3 is 0 Å². The molecule has 0 aromatic rings. The quantitative estimate of drug-likeness (QED) is 0.770. The van der Waals surface area contributed by atoms with E-state index in [0.29, 0.717) is 0 Å². The summed E-state index contributed by atoms with van der Waals surface area (Å²) in [5.74, 6) is 2.32. The molecule has 0 radical (unpaired) electrons. The monoisotopic (exact) mass is 370 g/mol. The molecule has 3 rings (SSSR count). The van der Waals surface area contributed by atoms with Crippen LogP contribution in [0.1, 0.15) is 44.9 Å². The molecule has 3 fully saturated rings. The van der Waals surface area contributed by atoms with Gasteiger partial charge < -0.3 is 23.8 Å². The Balaban J connectivity index is 1.66. The van der Waals surface area contributed by atoms with Gasteiger partial charge in [-0.25, -0.2) is 0 Å². The van der Waals surface area contributed by atoms with Crippen molar-refractivity contribution in [3.05, 3.63) is 0 Å². The Labute approximate surface area is 159 Å². The summed E-state index contributed by atoms with van der Waals surface area (Å²) in [7, 11) is 9.75. The van der Waals surface area contributed by atoms with Gasteiger partial charge in [-0.1, -0.05) is 0 Å². The fraction of sp³-hybridized carbons (Fsp3) is 1.00. The lowest BCUT2D eigenvalue weighted by atomic mass is 9.66. The number of likely N-dealkylation sites (tertiary alicyclic amines) is 1. The van der Waals surface area contributed by atoms with E-state index in [1.54, 1.807) is 4.90 Å². The van der Waals surface area contributed by atoms with Crippen LogP contribution in [0.5, 0.6) is 0 Å². The van der Waals surface area contributed by atoms with E-state index >= 15 is 0 Å². The minimum Gasteiger partial charge on any atom is -0.379 e. The first-order valence-corrected chi connectivity index (χ1v) is 10.5. The van der Waals surface area contributed by atoms with E-state index < -0.39 is 0 Å². The zero-order valence-electron chi connectivity index (χ0n) is 17.4. The second kappa shape index (κ2) is 9.33. The molecule has 0 spiro atoms. The van der Waals surface area contributed by atoms with Gasteiger partial charge in [0, 0.05) is 40.8 Å². The van der Waals surface area contributed by atoms with Crippen LogP contribution in [0.3, 0.4) is 0 Å². The van der Waals surface area contributed by atoms with Crippen LogP contribution >= 0.6 is 0 Å². The summed E-state index contributed by atoms with van der Waals surface area (Å²) in [5, 5.41) is 0. The Morgan fingerprint density at radius 2 is 1.35 bits per heavy atom. The molecule has 1 aliphatic heterocycles. The van der Waals surface area contributed by atoms with E-state index in [9.17, 15) is 0 Å². The average Bonchev–Trinajstić information content (AvgIpc) is 2.68. The van der Waals surface area contributed by atoms with Crippen LogP contribution in [-0.2, 0) is 18.9 Å². The van der Waals surface area contributed by atoms with E-state index in [1.165, 1.54) is 32.2 Å². The van der Waals surface area contributed by atoms with Gasteiger partial charge in [-0.05, 0) is 50.4 Å². The molecule has 1 heterocycles.